The van der Waals surface area contributed by atoms with E-state index in [4.69, 9.17) is 14.2 Å². The first-order chi connectivity index (χ1) is 18.6. The number of esters is 1. The van der Waals surface area contributed by atoms with Gasteiger partial charge < -0.3 is 14.2 Å². The fraction of sp³-hybridized carbons (Fsp3) is 0.441. The molecule has 1 aliphatic carbocycles. The Labute approximate surface area is 228 Å². The van der Waals surface area contributed by atoms with Gasteiger partial charge in [0.15, 0.2) is 0 Å². The lowest BCUT2D eigenvalue weighted by Gasteiger charge is -2.35. The second kappa shape index (κ2) is 14.0. The van der Waals surface area contributed by atoms with Gasteiger partial charge in [-0.15, -0.1) is 0 Å². The summed E-state index contributed by atoms with van der Waals surface area (Å²) < 4.78 is 16.5. The third kappa shape index (κ3) is 7.40. The molecule has 3 aromatic carbocycles. The number of aryl methyl sites for hydroxylation is 1. The second-order valence-corrected chi connectivity index (χ2v) is 10.5. The summed E-state index contributed by atoms with van der Waals surface area (Å²) in [6.07, 6.45) is 9.36. The van der Waals surface area contributed by atoms with E-state index in [-0.39, 0.29) is 12.1 Å². The Balaban J connectivity index is 1.37. The number of benzene rings is 3. The van der Waals surface area contributed by atoms with Crippen LogP contribution in [0, 0.1) is 0 Å². The average molecular weight is 515 g/mol. The summed E-state index contributed by atoms with van der Waals surface area (Å²) in [7, 11) is 3.19. The molecule has 38 heavy (non-hydrogen) atoms. The van der Waals surface area contributed by atoms with Gasteiger partial charge in [0, 0.05) is 12.3 Å². The molecular formula is C34H42O4. The highest BCUT2D eigenvalue weighted by Gasteiger charge is 2.32. The molecule has 1 aliphatic rings. The van der Waals surface area contributed by atoms with Gasteiger partial charge in [-0.3, -0.25) is 4.79 Å². The van der Waals surface area contributed by atoms with Crippen LogP contribution in [0.4, 0.5) is 0 Å². The van der Waals surface area contributed by atoms with Gasteiger partial charge in [-0.25, -0.2) is 0 Å². The zero-order valence-electron chi connectivity index (χ0n) is 23.2. The summed E-state index contributed by atoms with van der Waals surface area (Å²) in [6, 6.07) is 26.3. The van der Waals surface area contributed by atoms with Gasteiger partial charge in [0.25, 0.3) is 0 Å². The number of unbranched alkanes of at least 4 members (excludes halogenated alkanes) is 4. The van der Waals surface area contributed by atoms with Crippen LogP contribution in [-0.2, 0) is 16.0 Å². The minimum Gasteiger partial charge on any atom is -0.497 e. The van der Waals surface area contributed by atoms with E-state index in [1.54, 1.807) is 7.11 Å². The van der Waals surface area contributed by atoms with Crippen molar-refractivity contribution in [1.82, 2.24) is 0 Å². The number of fused-ring (bicyclic) bond motifs is 1. The Hall–Kier alpha value is -3.27. The Morgan fingerprint density at radius 1 is 0.842 bits per heavy atom. The number of hydrogen-bond donors (Lipinski definition) is 0. The molecule has 3 atom stereocenters. The summed E-state index contributed by atoms with van der Waals surface area (Å²) in [5, 5.41) is 0. The van der Waals surface area contributed by atoms with Crippen LogP contribution in [0.15, 0.2) is 72.8 Å². The molecule has 3 aromatic rings. The SMILES string of the molecule is COC(=O)CCCCCCCC(C)Oc1ccc([C@@H]2c3ccc(OC)cc3CC[C@@H]2c2ccccc2)cc1. The Morgan fingerprint density at radius 2 is 1.55 bits per heavy atom. The van der Waals surface area contributed by atoms with Gasteiger partial charge >= 0.3 is 5.97 Å². The molecule has 0 aliphatic heterocycles. The summed E-state index contributed by atoms with van der Waals surface area (Å²) in [6.45, 7) is 2.15. The van der Waals surface area contributed by atoms with Gasteiger partial charge in [0.2, 0.25) is 0 Å². The van der Waals surface area contributed by atoms with Crippen molar-refractivity contribution in [3.63, 3.8) is 0 Å². The zero-order chi connectivity index (χ0) is 26.7. The average Bonchev–Trinajstić information content (AvgIpc) is 2.96. The lowest BCUT2D eigenvalue weighted by atomic mass is 9.69. The summed E-state index contributed by atoms with van der Waals surface area (Å²) in [5.74, 6) is 2.50. The first-order valence-electron chi connectivity index (χ1n) is 14.1. The number of rotatable bonds is 13. The van der Waals surface area contributed by atoms with E-state index in [2.05, 4.69) is 79.7 Å². The monoisotopic (exact) mass is 514 g/mol. The van der Waals surface area contributed by atoms with Crippen molar-refractivity contribution in [3.8, 4) is 11.5 Å². The van der Waals surface area contributed by atoms with Crippen molar-refractivity contribution < 1.29 is 19.0 Å². The molecule has 1 unspecified atom stereocenters. The van der Waals surface area contributed by atoms with Crippen molar-refractivity contribution in [1.29, 1.82) is 0 Å². The van der Waals surface area contributed by atoms with Gasteiger partial charge in [-0.2, -0.15) is 0 Å². The van der Waals surface area contributed by atoms with Gasteiger partial charge in [0.05, 0.1) is 20.3 Å². The van der Waals surface area contributed by atoms with Gasteiger partial charge in [-0.05, 0) is 91.5 Å². The standard InChI is InChI=1S/C34H42O4/c1-25(12-8-5-4-6-11-15-33(35)37-3)38-29-19-16-27(17-20-29)34-31(26-13-9-7-10-14-26)22-18-28-24-30(36-2)21-23-32(28)34/h7,9-10,13-14,16-17,19-21,23-25,31,34H,4-6,8,11-12,15,18,22H2,1-3H3/t25?,31-,34+/m1/s1. The maximum absolute atomic E-state index is 11.2. The third-order valence-corrected chi connectivity index (χ3v) is 7.84. The number of carbonyl (C=O) groups excluding carboxylic acids is 1. The zero-order valence-corrected chi connectivity index (χ0v) is 23.2. The van der Waals surface area contributed by atoms with Gasteiger partial charge in [-0.1, -0.05) is 67.8 Å². The lowest BCUT2D eigenvalue weighted by molar-refractivity contribution is -0.140. The molecular weight excluding hydrogens is 472 g/mol. The van der Waals surface area contributed by atoms with Crippen molar-refractivity contribution in [2.45, 2.75) is 82.7 Å². The molecule has 0 saturated heterocycles. The van der Waals surface area contributed by atoms with E-state index in [0.29, 0.717) is 18.3 Å². The van der Waals surface area contributed by atoms with Crippen molar-refractivity contribution in [2.75, 3.05) is 14.2 Å². The fourth-order valence-electron chi connectivity index (χ4n) is 5.77. The minimum atomic E-state index is -0.110. The van der Waals surface area contributed by atoms with Crippen LogP contribution in [0.2, 0.25) is 0 Å². The molecule has 0 spiro atoms. The largest absolute Gasteiger partial charge is 0.497 e. The molecule has 0 saturated carbocycles. The first-order valence-corrected chi connectivity index (χ1v) is 14.1. The Kier molecular flexibility index (Phi) is 10.3. The van der Waals surface area contributed by atoms with Crippen LogP contribution >= 0.6 is 0 Å². The van der Waals surface area contributed by atoms with E-state index < -0.39 is 0 Å². The molecule has 0 N–H and O–H groups in total. The molecule has 4 rings (SSSR count). The number of methoxy groups -OCH3 is 2. The second-order valence-electron chi connectivity index (χ2n) is 10.5. The predicted octanol–water partition coefficient (Wildman–Crippen LogP) is 8.23. The van der Waals surface area contributed by atoms with E-state index in [1.807, 2.05) is 0 Å². The number of hydrogen-bond acceptors (Lipinski definition) is 4. The predicted molar refractivity (Wildman–Crippen MR) is 153 cm³/mol. The van der Waals surface area contributed by atoms with Crippen LogP contribution in [0.25, 0.3) is 0 Å². The smallest absolute Gasteiger partial charge is 0.305 e. The highest BCUT2D eigenvalue weighted by Crippen LogP contribution is 2.47. The van der Waals surface area contributed by atoms with E-state index in [0.717, 1.165) is 56.4 Å². The molecule has 0 heterocycles. The maximum atomic E-state index is 11.2. The first kappa shape index (κ1) is 27.8. The maximum Gasteiger partial charge on any atom is 0.305 e. The number of ether oxygens (including phenoxy) is 3. The highest BCUT2D eigenvalue weighted by molar-refractivity contribution is 5.68. The van der Waals surface area contributed by atoms with E-state index in [1.165, 1.54) is 35.8 Å². The molecule has 4 heteroatoms. The molecule has 0 radical (unpaired) electrons. The van der Waals surface area contributed by atoms with E-state index >= 15 is 0 Å². The summed E-state index contributed by atoms with van der Waals surface area (Å²) >= 11 is 0. The third-order valence-electron chi connectivity index (χ3n) is 7.84. The van der Waals surface area contributed by atoms with Crippen molar-refractivity contribution >= 4 is 5.97 Å². The topological polar surface area (TPSA) is 44.8 Å². The molecule has 0 aromatic heterocycles. The Bertz CT molecular complexity index is 1140. The van der Waals surface area contributed by atoms with Crippen LogP contribution in [0.5, 0.6) is 11.5 Å². The lowest BCUT2D eigenvalue weighted by Crippen LogP contribution is -2.20. The molecule has 202 valence electrons. The highest BCUT2D eigenvalue weighted by atomic mass is 16.5. The number of carbonyl (C=O) groups is 1. The van der Waals surface area contributed by atoms with Crippen LogP contribution in [-0.4, -0.2) is 26.3 Å². The Morgan fingerprint density at radius 3 is 2.29 bits per heavy atom. The summed E-state index contributed by atoms with van der Waals surface area (Å²) in [4.78, 5) is 11.2. The molecule has 0 fully saturated rings. The van der Waals surface area contributed by atoms with Crippen LogP contribution < -0.4 is 9.47 Å². The quantitative estimate of drug-likeness (QED) is 0.170. The molecule has 4 nitrogen and oxygen atoms in total. The van der Waals surface area contributed by atoms with Crippen LogP contribution in [0.1, 0.15) is 92.4 Å². The van der Waals surface area contributed by atoms with Crippen molar-refractivity contribution in [2.24, 2.45) is 0 Å². The minimum absolute atomic E-state index is 0.110. The normalized spacial score (nSPS) is 17.3. The van der Waals surface area contributed by atoms with Gasteiger partial charge in [0.1, 0.15) is 11.5 Å². The summed E-state index contributed by atoms with van der Waals surface area (Å²) in [5.41, 5.74) is 5.52. The molecule has 0 bridgehead atoms. The van der Waals surface area contributed by atoms with Crippen molar-refractivity contribution in [3.05, 3.63) is 95.1 Å². The fourth-order valence-corrected chi connectivity index (χ4v) is 5.77. The molecule has 0 amide bonds. The van der Waals surface area contributed by atoms with Crippen LogP contribution in [0.3, 0.4) is 0 Å². The van der Waals surface area contributed by atoms with E-state index in [9.17, 15) is 4.79 Å².